The topological polar surface area (TPSA) is 55.0 Å². The Hall–Kier alpha value is -1.46. The Morgan fingerprint density at radius 1 is 1.35 bits per heavy atom. The third kappa shape index (κ3) is 2.43. The van der Waals surface area contributed by atoms with E-state index in [1.54, 1.807) is 11.3 Å². The lowest BCUT2D eigenvalue weighted by Crippen LogP contribution is -2.24. The molecule has 20 heavy (non-hydrogen) atoms. The number of hydrogen-bond acceptors (Lipinski definition) is 4. The number of aromatic amines is 1. The van der Waals surface area contributed by atoms with Gasteiger partial charge in [-0.3, -0.25) is 4.79 Å². The fourth-order valence-corrected chi connectivity index (χ4v) is 3.24. The minimum absolute atomic E-state index is 0.0737. The molecule has 0 fully saturated rings. The van der Waals surface area contributed by atoms with Crippen LogP contribution in [0.15, 0.2) is 16.9 Å². The van der Waals surface area contributed by atoms with Gasteiger partial charge in [-0.1, -0.05) is 20.8 Å². The Morgan fingerprint density at radius 2 is 2.15 bits per heavy atom. The quantitative estimate of drug-likeness (QED) is 0.878. The molecule has 1 N–H and O–H groups in total. The first kappa shape index (κ1) is 13.5. The lowest BCUT2D eigenvalue weighted by Gasteiger charge is -2.16. The lowest BCUT2D eigenvalue weighted by molar-refractivity contribution is 0.108. The highest BCUT2D eigenvalue weighted by Gasteiger charge is 2.20. The second-order valence-electron chi connectivity index (χ2n) is 6.06. The molecular weight excluding hydrogens is 272 g/mol. The number of nitrogens with zero attached hydrogens (tertiary/aromatic N) is 1. The van der Waals surface area contributed by atoms with Gasteiger partial charge in [0.15, 0.2) is 5.82 Å². The molecular formula is C15H18N2O2S. The van der Waals surface area contributed by atoms with Crippen molar-refractivity contribution in [2.75, 3.05) is 6.61 Å². The molecule has 1 aliphatic heterocycles. The maximum absolute atomic E-state index is 12.1. The number of fused-ring (bicyclic) bond motifs is 1. The van der Waals surface area contributed by atoms with Gasteiger partial charge in [0, 0.05) is 11.3 Å². The second kappa shape index (κ2) is 4.82. The number of thiophene rings is 1. The van der Waals surface area contributed by atoms with Gasteiger partial charge in [0.2, 0.25) is 0 Å². The van der Waals surface area contributed by atoms with Gasteiger partial charge in [0.25, 0.3) is 5.56 Å². The molecule has 0 bridgehead atoms. The Bertz CT molecular complexity index is 695. The average Bonchev–Trinajstić information content (AvgIpc) is 2.88. The van der Waals surface area contributed by atoms with Crippen LogP contribution >= 0.6 is 11.3 Å². The van der Waals surface area contributed by atoms with Crippen LogP contribution in [-0.2, 0) is 23.2 Å². The summed E-state index contributed by atoms with van der Waals surface area (Å²) in [6.07, 6.45) is 0.712. The SMILES string of the molecule is CC(C)(C)c1ccc(-c2nc3c(c(=O)[nH]2)COCC3)s1. The molecule has 2 aromatic rings. The minimum atomic E-state index is -0.0737. The molecule has 0 saturated heterocycles. The summed E-state index contributed by atoms with van der Waals surface area (Å²) in [6.45, 7) is 7.56. The van der Waals surface area contributed by atoms with Crippen molar-refractivity contribution in [3.8, 4) is 10.7 Å². The molecule has 0 atom stereocenters. The number of aromatic nitrogens is 2. The smallest absolute Gasteiger partial charge is 0.256 e. The van der Waals surface area contributed by atoms with E-state index >= 15 is 0 Å². The van der Waals surface area contributed by atoms with Crippen LogP contribution < -0.4 is 5.56 Å². The maximum Gasteiger partial charge on any atom is 0.256 e. The standard InChI is InChI=1S/C15H18N2O2S/c1-15(2,3)12-5-4-11(20-12)13-16-10-6-7-19-8-9(10)14(18)17-13/h4-5H,6-8H2,1-3H3,(H,16,17,18). The summed E-state index contributed by atoms with van der Waals surface area (Å²) in [4.78, 5) is 21.9. The van der Waals surface area contributed by atoms with Gasteiger partial charge in [-0.05, 0) is 17.5 Å². The zero-order valence-corrected chi connectivity index (χ0v) is 12.8. The molecule has 0 spiro atoms. The Kier molecular flexibility index (Phi) is 3.26. The first-order chi connectivity index (χ1) is 9.45. The Morgan fingerprint density at radius 3 is 2.85 bits per heavy atom. The number of hydrogen-bond donors (Lipinski definition) is 1. The first-order valence-corrected chi connectivity index (χ1v) is 7.57. The number of nitrogens with one attached hydrogen (secondary N) is 1. The molecule has 0 aliphatic carbocycles. The largest absolute Gasteiger partial charge is 0.376 e. The van der Waals surface area contributed by atoms with E-state index < -0.39 is 0 Å². The van der Waals surface area contributed by atoms with Crippen molar-refractivity contribution < 1.29 is 4.74 Å². The van der Waals surface area contributed by atoms with Gasteiger partial charge in [-0.2, -0.15) is 0 Å². The predicted molar refractivity (Wildman–Crippen MR) is 80.2 cm³/mol. The highest BCUT2D eigenvalue weighted by atomic mass is 32.1. The molecule has 0 aromatic carbocycles. The molecule has 106 valence electrons. The Balaban J connectivity index is 2.05. The molecule has 5 heteroatoms. The summed E-state index contributed by atoms with van der Waals surface area (Å²) in [7, 11) is 0. The van der Waals surface area contributed by atoms with Crippen LogP contribution in [0.3, 0.4) is 0 Å². The molecule has 0 saturated carbocycles. The van der Waals surface area contributed by atoms with Crippen molar-refractivity contribution in [3.05, 3.63) is 38.6 Å². The molecule has 3 rings (SSSR count). The van der Waals surface area contributed by atoms with Crippen molar-refractivity contribution in [1.82, 2.24) is 9.97 Å². The molecule has 0 radical (unpaired) electrons. The van der Waals surface area contributed by atoms with E-state index in [1.807, 2.05) is 6.07 Å². The zero-order chi connectivity index (χ0) is 14.3. The molecule has 0 amide bonds. The van der Waals surface area contributed by atoms with Crippen LogP contribution in [0, 0.1) is 0 Å². The van der Waals surface area contributed by atoms with Crippen LogP contribution in [-0.4, -0.2) is 16.6 Å². The van der Waals surface area contributed by atoms with Crippen molar-refractivity contribution in [3.63, 3.8) is 0 Å². The van der Waals surface area contributed by atoms with E-state index in [4.69, 9.17) is 4.74 Å². The number of ether oxygens (including phenoxy) is 1. The van der Waals surface area contributed by atoms with Crippen LogP contribution in [0.4, 0.5) is 0 Å². The van der Waals surface area contributed by atoms with E-state index in [2.05, 4.69) is 36.8 Å². The van der Waals surface area contributed by atoms with E-state index in [-0.39, 0.29) is 11.0 Å². The van der Waals surface area contributed by atoms with Crippen LogP contribution in [0.2, 0.25) is 0 Å². The summed E-state index contributed by atoms with van der Waals surface area (Å²) < 4.78 is 5.31. The van der Waals surface area contributed by atoms with Gasteiger partial charge < -0.3 is 9.72 Å². The van der Waals surface area contributed by atoms with E-state index in [0.29, 0.717) is 31.0 Å². The zero-order valence-electron chi connectivity index (χ0n) is 11.9. The number of H-pyrrole nitrogens is 1. The van der Waals surface area contributed by atoms with Crippen molar-refractivity contribution in [2.45, 2.75) is 39.2 Å². The fourth-order valence-electron chi connectivity index (χ4n) is 2.23. The highest BCUT2D eigenvalue weighted by molar-refractivity contribution is 7.15. The highest BCUT2D eigenvalue weighted by Crippen LogP contribution is 2.33. The normalized spacial score (nSPS) is 15.2. The number of rotatable bonds is 1. The van der Waals surface area contributed by atoms with E-state index in [9.17, 15) is 4.79 Å². The third-order valence-corrected chi connectivity index (χ3v) is 4.93. The van der Waals surface area contributed by atoms with Gasteiger partial charge in [0.1, 0.15) is 0 Å². The summed E-state index contributed by atoms with van der Waals surface area (Å²) in [6, 6.07) is 4.15. The van der Waals surface area contributed by atoms with E-state index in [0.717, 1.165) is 10.6 Å². The molecule has 2 aromatic heterocycles. The summed E-state index contributed by atoms with van der Waals surface area (Å²) >= 11 is 1.69. The average molecular weight is 290 g/mol. The third-order valence-electron chi connectivity index (χ3n) is 3.41. The fraction of sp³-hybridized carbons (Fsp3) is 0.467. The van der Waals surface area contributed by atoms with Crippen LogP contribution in [0.1, 0.15) is 36.9 Å². The minimum Gasteiger partial charge on any atom is -0.376 e. The molecule has 0 unspecified atom stereocenters. The maximum atomic E-state index is 12.1. The van der Waals surface area contributed by atoms with Crippen molar-refractivity contribution in [2.24, 2.45) is 0 Å². The van der Waals surface area contributed by atoms with Crippen molar-refractivity contribution in [1.29, 1.82) is 0 Å². The van der Waals surface area contributed by atoms with Gasteiger partial charge in [-0.15, -0.1) is 11.3 Å². The lowest BCUT2D eigenvalue weighted by atomic mass is 9.95. The second-order valence-corrected chi connectivity index (χ2v) is 7.14. The summed E-state index contributed by atoms with van der Waals surface area (Å²) in [5, 5.41) is 0. The summed E-state index contributed by atoms with van der Waals surface area (Å²) in [5.74, 6) is 0.677. The predicted octanol–water partition coefficient (Wildman–Crippen LogP) is 2.87. The van der Waals surface area contributed by atoms with Crippen LogP contribution in [0.5, 0.6) is 0 Å². The van der Waals surface area contributed by atoms with Gasteiger partial charge in [0.05, 0.1) is 29.3 Å². The van der Waals surface area contributed by atoms with Gasteiger partial charge in [-0.25, -0.2) is 4.98 Å². The monoisotopic (exact) mass is 290 g/mol. The molecule has 3 heterocycles. The summed E-state index contributed by atoms with van der Waals surface area (Å²) in [5.41, 5.74) is 1.59. The van der Waals surface area contributed by atoms with Crippen molar-refractivity contribution >= 4 is 11.3 Å². The molecule has 4 nitrogen and oxygen atoms in total. The van der Waals surface area contributed by atoms with E-state index in [1.165, 1.54) is 4.88 Å². The Labute approximate surface area is 121 Å². The first-order valence-electron chi connectivity index (χ1n) is 6.75. The molecule has 1 aliphatic rings. The van der Waals surface area contributed by atoms with Crippen LogP contribution in [0.25, 0.3) is 10.7 Å². The van der Waals surface area contributed by atoms with Gasteiger partial charge >= 0.3 is 0 Å².